The molecule has 2 fully saturated rings. The van der Waals surface area contributed by atoms with E-state index in [1.165, 1.54) is 0 Å². The van der Waals surface area contributed by atoms with Gasteiger partial charge < -0.3 is 9.80 Å². The number of hydrogen-bond donors (Lipinski definition) is 2. The molecule has 0 aromatic heterocycles. The number of alkyl halides is 6. The van der Waals surface area contributed by atoms with Crippen LogP contribution in [-0.2, 0) is 17.1 Å². The number of nitrogens with zero attached hydrogens (tertiary/aromatic N) is 4. The summed E-state index contributed by atoms with van der Waals surface area (Å²) in [5.74, 6) is -0.532. The summed E-state index contributed by atoms with van der Waals surface area (Å²) in [5, 5.41) is 0. The molecule has 1 amide bonds. The first-order valence-electron chi connectivity index (χ1n) is 10.5. The molecule has 1 aromatic rings. The molecule has 0 radical (unpaired) electrons. The van der Waals surface area contributed by atoms with E-state index < -0.39 is 41.2 Å². The first-order chi connectivity index (χ1) is 15.3. The minimum Gasteiger partial charge on any atom is -0.304 e. The van der Waals surface area contributed by atoms with Crippen LogP contribution in [0.25, 0.3) is 0 Å². The average molecular weight is 482 g/mol. The summed E-state index contributed by atoms with van der Waals surface area (Å²) in [4.78, 5) is 21.3. The highest BCUT2D eigenvalue weighted by molar-refractivity contribution is 5.82. The van der Waals surface area contributed by atoms with Crippen LogP contribution in [-0.4, -0.2) is 98.1 Å². The van der Waals surface area contributed by atoms with E-state index in [0.717, 1.165) is 26.2 Å². The van der Waals surface area contributed by atoms with Gasteiger partial charge >= 0.3 is 12.4 Å². The quantitative estimate of drug-likeness (QED) is 0.495. The second-order valence-electron chi connectivity index (χ2n) is 8.46. The first-order valence-corrected chi connectivity index (χ1v) is 10.5. The zero-order valence-corrected chi connectivity index (χ0v) is 18.4. The van der Waals surface area contributed by atoms with Crippen LogP contribution in [0.3, 0.4) is 0 Å². The molecule has 0 aliphatic carbocycles. The zero-order chi connectivity index (χ0) is 24.4. The topological polar surface area (TPSA) is 54.1 Å². The fourth-order valence-electron chi connectivity index (χ4n) is 3.92. The second kappa shape index (κ2) is 10.0. The van der Waals surface area contributed by atoms with Crippen LogP contribution < -0.4 is 10.9 Å². The van der Waals surface area contributed by atoms with Gasteiger partial charge in [-0.1, -0.05) is 0 Å². The summed E-state index contributed by atoms with van der Waals surface area (Å²) in [6.07, 6.45) is -10.6. The minimum absolute atomic E-state index is 0.0459. The number of carbonyl (C=O) groups is 1. The Morgan fingerprint density at radius 3 is 1.52 bits per heavy atom. The SMILES string of the molecule is CN1CCN(C(C(=O)NNc2cc(C(F)(F)F)cc(C(F)(F)F)c2)N2CCN(C)CC2)CC1. The van der Waals surface area contributed by atoms with Crippen molar-refractivity contribution in [3.8, 4) is 0 Å². The van der Waals surface area contributed by atoms with Crippen LogP contribution in [0.4, 0.5) is 32.0 Å². The van der Waals surface area contributed by atoms with Crippen molar-refractivity contribution >= 4 is 11.6 Å². The maximum Gasteiger partial charge on any atom is 0.416 e. The molecule has 33 heavy (non-hydrogen) atoms. The van der Waals surface area contributed by atoms with Crippen molar-refractivity contribution < 1.29 is 31.1 Å². The van der Waals surface area contributed by atoms with Crippen LogP contribution in [0.15, 0.2) is 18.2 Å². The highest BCUT2D eigenvalue weighted by Gasteiger charge is 2.38. The Bertz CT molecular complexity index is 762. The van der Waals surface area contributed by atoms with Gasteiger partial charge in [0.05, 0.1) is 16.8 Å². The molecule has 2 aliphatic rings. The third-order valence-electron chi connectivity index (χ3n) is 5.92. The highest BCUT2D eigenvalue weighted by atomic mass is 19.4. The van der Waals surface area contributed by atoms with Crippen molar-refractivity contribution in [1.82, 2.24) is 25.0 Å². The Kier molecular flexibility index (Phi) is 7.76. The molecule has 0 unspecified atom stereocenters. The van der Waals surface area contributed by atoms with Crippen LogP contribution in [0.1, 0.15) is 11.1 Å². The van der Waals surface area contributed by atoms with E-state index in [4.69, 9.17) is 0 Å². The number of piperazine rings is 2. The molecule has 2 saturated heterocycles. The molecule has 0 spiro atoms. The number of hydrazine groups is 1. The van der Waals surface area contributed by atoms with Gasteiger partial charge in [0.25, 0.3) is 5.91 Å². The normalized spacial score (nSPS) is 20.3. The Morgan fingerprint density at radius 2 is 1.15 bits per heavy atom. The monoisotopic (exact) mass is 482 g/mol. The third-order valence-corrected chi connectivity index (χ3v) is 5.92. The summed E-state index contributed by atoms with van der Waals surface area (Å²) in [6, 6.07) is 1.12. The van der Waals surface area contributed by atoms with Crippen LogP contribution >= 0.6 is 0 Å². The molecule has 0 bridgehead atoms. The molecule has 7 nitrogen and oxygen atoms in total. The Hall–Kier alpha value is -2.09. The summed E-state index contributed by atoms with van der Waals surface area (Å²) in [6.45, 7) is 5.43. The number of rotatable bonds is 5. The number of benzene rings is 1. The van der Waals surface area contributed by atoms with E-state index >= 15 is 0 Å². The van der Waals surface area contributed by atoms with E-state index in [-0.39, 0.29) is 6.07 Å². The summed E-state index contributed by atoms with van der Waals surface area (Å²) in [7, 11) is 3.94. The van der Waals surface area contributed by atoms with Crippen LogP contribution in [0.5, 0.6) is 0 Å². The van der Waals surface area contributed by atoms with Gasteiger partial charge in [0.15, 0.2) is 0 Å². The average Bonchev–Trinajstić information content (AvgIpc) is 2.74. The smallest absolute Gasteiger partial charge is 0.304 e. The molecule has 0 saturated carbocycles. The van der Waals surface area contributed by atoms with Crippen LogP contribution in [0, 0.1) is 0 Å². The van der Waals surface area contributed by atoms with E-state index in [1.54, 1.807) is 0 Å². The van der Waals surface area contributed by atoms with E-state index in [0.29, 0.717) is 38.3 Å². The van der Waals surface area contributed by atoms with Gasteiger partial charge in [-0.3, -0.25) is 25.4 Å². The maximum absolute atomic E-state index is 13.1. The molecule has 13 heteroatoms. The van der Waals surface area contributed by atoms with Crippen molar-refractivity contribution in [2.75, 3.05) is 71.9 Å². The van der Waals surface area contributed by atoms with Gasteiger partial charge in [0.1, 0.15) is 6.17 Å². The van der Waals surface area contributed by atoms with Gasteiger partial charge in [-0.2, -0.15) is 26.3 Å². The van der Waals surface area contributed by atoms with Crippen molar-refractivity contribution in [2.24, 2.45) is 0 Å². The molecule has 1 aromatic carbocycles. The molecular weight excluding hydrogens is 454 g/mol. The molecule has 2 N–H and O–H groups in total. The van der Waals surface area contributed by atoms with Gasteiger partial charge in [-0.25, -0.2) is 0 Å². The number of anilines is 1. The molecule has 3 rings (SSSR count). The molecule has 186 valence electrons. The standard InChI is InChI=1S/C20H28F6N6O/c1-29-3-7-31(8-4-29)18(32-9-5-30(2)6-10-32)17(33)28-27-16-12-14(19(21,22)23)11-15(13-16)20(24,25)26/h11-13,18,27H,3-10H2,1-2H3,(H,28,33). The zero-order valence-electron chi connectivity index (χ0n) is 18.4. The lowest BCUT2D eigenvalue weighted by atomic mass is 10.1. The lowest BCUT2D eigenvalue weighted by Crippen LogP contribution is -2.64. The van der Waals surface area contributed by atoms with Gasteiger partial charge in [0.2, 0.25) is 0 Å². The molecule has 2 aliphatic heterocycles. The predicted molar refractivity (Wildman–Crippen MR) is 110 cm³/mol. The molecule has 0 atom stereocenters. The number of amides is 1. The predicted octanol–water partition coefficient (Wildman–Crippen LogP) is 1.99. The number of halogens is 6. The summed E-state index contributed by atoms with van der Waals surface area (Å²) < 4.78 is 78.6. The Labute approximate surface area is 188 Å². The van der Waals surface area contributed by atoms with Crippen molar-refractivity contribution in [2.45, 2.75) is 18.5 Å². The first kappa shape index (κ1) is 25.5. The lowest BCUT2D eigenvalue weighted by Gasteiger charge is -2.44. The molecular formula is C20H28F6N6O. The fourth-order valence-corrected chi connectivity index (χ4v) is 3.92. The number of likely N-dealkylation sites (N-methyl/N-ethyl adjacent to an activating group) is 2. The fraction of sp³-hybridized carbons (Fsp3) is 0.650. The number of carbonyl (C=O) groups excluding carboxylic acids is 1. The van der Waals surface area contributed by atoms with Crippen molar-refractivity contribution in [1.29, 1.82) is 0 Å². The van der Waals surface area contributed by atoms with Gasteiger partial charge in [-0.05, 0) is 32.3 Å². The van der Waals surface area contributed by atoms with E-state index in [9.17, 15) is 31.1 Å². The highest BCUT2D eigenvalue weighted by Crippen LogP contribution is 2.37. The molecule has 2 heterocycles. The van der Waals surface area contributed by atoms with Crippen LogP contribution in [0.2, 0.25) is 0 Å². The minimum atomic E-state index is -4.97. The lowest BCUT2D eigenvalue weighted by molar-refractivity contribution is -0.143. The summed E-state index contributed by atoms with van der Waals surface area (Å²) >= 11 is 0. The number of nitrogens with one attached hydrogen (secondary N) is 2. The summed E-state index contributed by atoms with van der Waals surface area (Å²) in [5.41, 5.74) is 1.20. The van der Waals surface area contributed by atoms with E-state index in [2.05, 4.69) is 20.7 Å². The maximum atomic E-state index is 13.1. The Balaban J connectivity index is 1.78. The number of hydrogen-bond acceptors (Lipinski definition) is 6. The largest absolute Gasteiger partial charge is 0.416 e. The second-order valence-corrected chi connectivity index (χ2v) is 8.46. The van der Waals surface area contributed by atoms with Gasteiger partial charge in [-0.15, -0.1) is 0 Å². The van der Waals surface area contributed by atoms with E-state index in [1.807, 2.05) is 23.9 Å². The van der Waals surface area contributed by atoms with Gasteiger partial charge in [0, 0.05) is 52.4 Å². The van der Waals surface area contributed by atoms with Crippen molar-refractivity contribution in [3.05, 3.63) is 29.3 Å². The Morgan fingerprint density at radius 1 is 0.758 bits per heavy atom. The third kappa shape index (κ3) is 6.71. The van der Waals surface area contributed by atoms with Crippen molar-refractivity contribution in [3.63, 3.8) is 0 Å².